The highest BCUT2D eigenvalue weighted by atomic mass is 32.1. The van der Waals surface area contributed by atoms with E-state index in [1.807, 2.05) is 12.3 Å². The van der Waals surface area contributed by atoms with Crippen LogP contribution in [0.2, 0.25) is 0 Å². The van der Waals surface area contributed by atoms with E-state index >= 15 is 0 Å². The minimum Gasteiger partial charge on any atom is -0.481 e. The molecule has 2 N–H and O–H groups in total. The Kier molecular flexibility index (Phi) is 5.51. The quantitative estimate of drug-likeness (QED) is 0.866. The van der Waals surface area contributed by atoms with Gasteiger partial charge in [0.15, 0.2) is 5.13 Å². The maximum atomic E-state index is 12.0. The van der Waals surface area contributed by atoms with Crippen LogP contribution in [0.15, 0.2) is 5.38 Å². The van der Waals surface area contributed by atoms with Crippen LogP contribution in [0.1, 0.15) is 25.0 Å². The molecule has 0 atom stereocenters. The van der Waals surface area contributed by atoms with Gasteiger partial charge in [-0.25, -0.2) is 9.78 Å². The Morgan fingerprint density at radius 1 is 1.52 bits per heavy atom. The minimum absolute atomic E-state index is 0.0180. The van der Waals surface area contributed by atoms with E-state index < -0.39 is 5.97 Å². The number of thiazole rings is 1. The summed E-state index contributed by atoms with van der Waals surface area (Å²) in [5, 5.41) is 13.8. The van der Waals surface area contributed by atoms with Gasteiger partial charge in [0.1, 0.15) is 0 Å². The van der Waals surface area contributed by atoms with Crippen LogP contribution in [0, 0.1) is 6.92 Å². The predicted octanol–water partition coefficient (Wildman–Crippen LogP) is 1.94. The standard InChI is InChI=1S/C13H19N3O4S/c1-9-8-21-12(14-9)15-13(19)16-5-2-10(3-6-16)20-7-4-11(17)18/h8,10H,2-7H2,1H3,(H,17,18)(H,14,15,19). The fourth-order valence-corrected chi connectivity index (χ4v) is 2.80. The molecule has 0 spiro atoms. The van der Waals surface area contributed by atoms with Gasteiger partial charge in [-0.05, 0) is 19.8 Å². The molecule has 2 amide bonds. The molecule has 116 valence electrons. The van der Waals surface area contributed by atoms with Gasteiger partial charge >= 0.3 is 12.0 Å². The number of aliphatic carboxylic acids is 1. The molecule has 0 unspecified atom stereocenters. The Bertz CT molecular complexity index is 497. The first-order valence-electron chi connectivity index (χ1n) is 6.86. The van der Waals surface area contributed by atoms with Gasteiger partial charge in [0.05, 0.1) is 24.8 Å². The largest absolute Gasteiger partial charge is 0.481 e. The number of hydrogen-bond acceptors (Lipinski definition) is 5. The zero-order valence-corrected chi connectivity index (χ0v) is 12.7. The average molecular weight is 313 g/mol. The molecule has 0 aliphatic carbocycles. The molecule has 2 heterocycles. The molecule has 1 saturated heterocycles. The third kappa shape index (κ3) is 4.98. The number of urea groups is 1. The second-order valence-electron chi connectivity index (χ2n) is 4.93. The van der Waals surface area contributed by atoms with Crippen molar-refractivity contribution in [1.29, 1.82) is 0 Å². The maximum Gasteiger partial charge on any atom is 0.323 e. The molecular formula is C13H19N3O4S. The first-order valence-corrected chi connectivity index (χ1v) is 7.74. The molecule has 7 nitrogen and oxygen atoms in total. The molecule has 1 aliphatic heterocycles. The highest BCUT2D eigenvalue weighted by molar-refractivity contribution is 7.13. The van der Waals surface area contributed by atoms with E-state index in [-0.39, 0.29) is 25.2 Å². The van der Waals surface area contributed by atoms with Gasteiger partial charge < -0.3 is 14.7 Å². The van der Waals surface area contributed by atoms with Gasteiger partial charge in [-0.3, -0.25) is 10.1 Å². The van der Waals surface area contributed by atoms with Gasteiger partial charge in [-0.1, -0.05) is 0 Å². The number of rotatable bonds is 5. The van der Waals surface area contributed by atoms with Crippen LogP contribution in [0.5, 0.6) is 0 Å². The number of nitrogens with zero attached hydrogens (tertiary/aromatic N) is 2. The summed E-state index contributed by atoms with van der Waals surface area (Å²) in [6.45, 7) is 3.32. The van der Waals surface area contributed by atoms with Crippen LogP contribution >= 0.6 is 11.3 Å². The molecule has 8 heteroatoms. The molecule has 1 fully saturated rings. The van der Waals surface area contributed by atoms with Crippen LogP contribution in [-0.2, 0) is 9.53 Å². The number of carbonyl (C=O) groups excluding carboxylic acids is 1. The number of piperidine rings is 1. The highest BCUT2D eigenvalue weighted by Crippen LogP contribution is 2.18. The van der Waals surface area contributed by atoms with Crippen molar-refractivity contribution in [3.63, 3.8) is 0 Å². The summed E-state index contributed by atoms with van der Waals surface area (Å²) in [4.78, 5) is 28.4. The molecule has 0 aromatic carbocycles. The van der Waals surface area contributed by atoms with Crippen LogP contribution in [0.3, 0.4) is 0 Å². The van der Waals surface area contributed by atoms with Crippen LogP contribution in [0.4, 0.5) is 9.93 Å². The number of anilines is 1. The van der Waals surface area contributed by atoms with Crippen molar-refractivity contribution in [3.05, 3.63) is 11.1 Å². The summed E-state index contributed by atoms with van der Waals surface area (Å²) < 4.78 is 5.49. The number of amides is 2. The molecule has 1 aromatic heterocycles. The van der Waals surface area contributed by atoms with Crippen LogP contribution in [-0.4, -0.2) is 52.8 Å². The molecule has 1 aromatic rings. The maximum absolute atomic E-state index is 12.0. The lowest BCUT2D eigenvalue weighted by molar-refractivity contribution is -0.138. The summed E-state index contributed by atoms with van der Waals surface area (Å²) in [5.41, 5.74) is 0.890. The second-order valence-corrected chi connectivity index (χ2v) is 5.78. The van der Waals surface area contributed by atoms with Crippen LogP contribution in [0.25, 0.3) is 0 Å². The number of aromatic nitrogens is 1. The minimum atomic E-state index is -0.856. The predicted molar refractivity (Wildman–Crippen MR) is 78.7 cm³/mol. The van der Waals surface area contributed by atoms with E-state index in [9.17, 15) is 9.59 Å². The number of carbonyl (C=O) groups is 2. The molecule has 0 saturated carbocycles. The Morgan fingerprint density at radius 3 is 2.81 bits per heavy atom. The van der Waals surface area contributed by atoms with Crippen molar-refractivity contribution in [3.8, 4) is 0 Å². The van der Waals surface area contributed by atoms with E-state index in [4.69, 9.17) is 9.84 Å². The Labute approximate surface area is 126 Å². The molecule has 0 bridgehead atoms. The Morgan fingerprint density at radius 2 is 2.24 bits per heavy atom. The topological polar surface area (TPSA) is 91.8 Å². The van der Waals surface area contributed by atoms with Crippen molar-refractivity contribution in [1.82, 2.24) is 9.88 Å². The smallest absolute Gasteiger partial charge is 0.323 e. The number of aryl methyl sites for hydroxylation is 1. The highest BCUT2D eigenvalue weighted by Gasteiger charge is 2.23. The number of likely N-dealkylation sites (tertiary alicyclic amines) is 1. The summed E-state index contributed by atoms with van der Waals surface area (Å²) in [6.07, 6.45) is 1.51. The van der Waals surface area contributed by atoms with E-state index in [0.717, 1.165) is 18.5 Å². The first-order chi connectivity index (χ1) is 10.0. The van der Waals surface area contributed by atoms with Crippen molar-refractivity contribution < 1.29 is 19.4 Å². The fourth-order valence-electron chi connectivity index (χ4n) is 2.12. The Balaban J connectivity index is 1.70. The third-order valence-corrected chi connectivity index (χ3v) is 4.11. The number of carboxylic acid groups (broad SMARTS) is 1. The SMILES string of the molecule is Cc1csc(NC(=O)N2CCC(OCCC(=O)O)CC2)n1. The van der Waals surface area contributed by atoms with Crippen molar-refractivity contribution in [2.24, 2.45) is 0 Å². The molecule has 21 heavy (non-hydrogen) atoms. The first kappa shape index (κ1) is 15.7. The second kappa shape index (κ2) is 7.37. The molecule has 1 aliphatic rings. The number of ether oxygens (including phenoxy) is 1. The summed E-state index contributed by atoms with van der Waals surface area (Å²) in [6, 6.07) is -0.145. The third-order valence-electron chi connectivity index (χ3n) is 3.23. The van der Waals surface area contributed by atoms with Gasteiger partial charge in [0.2, 0.25) is 0 Å². The van der Waals surface area contributed by atoms with Crippen LogP contribution < -0.4 is 5.32 Å². The van der Waals surface area contributed by atoms with E-state index in [2.05, 4.69) is 10.3 Å². The number of carboxylic acids is 1. The number of nitrogens with one attached hydrogen (secondary N) is 1. The molecule has 0 radical (unpaired) electrons. The lowest BCUT2D eigenvalue weighted by Crippen LogP contribution is -2.43. The zero-order chi connectivity index (χ0) is 15.2. The average Bonchev–Trinajstić information content (AvgIpc) is 2.84. The lowest BCUT2D eigenvalue weighted by Gasteiger charge is -2.31. The van der Waals surface area contributed by atoms with E-state index in [1.165, 1.54) is 11.3 Å². The van der Waals surface area contributed by atoms with Gasteiger partial charge in [-0.15, -0.1) is 11.3 Å². The van der Waals surface area contributed by atoms with Crippen molar-refractivity contribution in [2.75, 3.05) is 25.0 Å². The molecule has 2 rings (SSSR count). The molecular weight excluding hydrogens is 294 g/mol. The normalized spacial score (nSPS) is 16.0. The fraction of sp³-hybridized carbons (Fsp3) is 0.615. The Hall–Kier alpha value is -1.67. The monoisotopic (exact) mass is 313 g/mol. The summed E-state index contributed by atoms with van der Waals surface area (Å²) in [7, 11) is 0. The summed E-state index contributed by atoms with van der Waals surface area (Å²) >= 11 is 1.41. The zero-order valence-electron chi connectivity index (χ0n) is 11.9. The van der Waals surface area contributed by atoms with Gasteiger partial charge in [0.25, 0.3) is 0 Å². The van der Waals surface area contributed by atoms with Gasteiger partial charge in [0, 0.05) is 18.5 Å². The van der Waals surface area contributed by atoms with E-state index in [0.29, 0.717) is 18.2 Å². The number of hydrogen-bond donors (Lipinski definition) is 2. The van der Waals surface area contributed by atoms with Crippen molar-refractivity contribution in [2.45, 2.75) is 32.3 Å². The van der Waals surface area contributed by atoms with Crippen molar-refractivity contribution >= 4 is 28.5 Å². The lowest BCUT2D eigenvalue weighted by atomic mass is 10.1. The van der Waals surface area contributed by atoms with E-state index in [1.54, 1.807) is 4.90 Å². The van der Waals surface area contributed by atoms with Gasteiger partial charge in [-0.2, -0.15) is 0 Å². The summed E-state index contributed by atoms with van der Waals surface area (Å²) in [5.74, 6) is -0.856.